The van der Waals surface area contributed by atoms with Crippen LogP contribution >= 0.6 is 0 Å². The number of hydrogen-bond acceptors (Lipinski definition) is 3. The fourth-order valence-corrected chi connectivity index (χ4v) is 3.47. The number of carbonyl (C=O) groups excluding carboxylic acids is 1. The molecule has 3 heterocycles. The number of rotatable bonds is 6. The predicted molar refractivity (Wildman–Crippen MR) is 111 cm³/mol. The number of carbonyl (C=O) groups is 1. The lowest BCUT2D eigenvalue weighted by Gasteiger charge is -2.12. The van der Waals surface area contributed by atoms with E-state index in [4.69, 9.17) is 0 Å². The van der Waals surface area contributed by atoms with Gasteiger partial charge >= 0.3 is 0 Å². The van der Waals surface area contributed by atoms with Crippen LogP contribution in [-0.4, -0.2) is 19.9 Å². The zero-order valence-electron chi connectivity index (χ0n) is 15.8. The van der Waals surface area contributed by atoms with Gasteiger partial charge in [0.05, 0.1) is 17.2 Å². The smallest absolute Gasteiger partial charge is 0.275 e. The highest BCUT2D eigenvalue weighted by Gasteiger charge is 2.11. The molecule has 0 aliphatic heterocycles. The van der Waals surface area contributed by atoms with Crippen LogP contribution in [0.1, 0.15) is 25.3 Å². The lowest BCUT2D eigenvalue weighted by Crippen LogP contribution is -2.23. The number of nitrogens with zero attached hydrogens (tertiary/aromatic N) is 3. The van der Waals surface area contributed by atoms with Gasteiger partial charge in [0, 0.05) is 31.0 Å². The van der Waals surface area contributed by atoms with Gasteiger partial charge in [0.25, 0.3) is 5.56 Å². The first-order valence-corrected chi connectivity index (χ1v) is 9.50. The molecule has 0 radical (unpaired) electrons. The van der Waals surface area contributed by atoms with Crippen LogP contribution < -0.4 is 10.9 Å². The second-order valence-corrected chi connectivity index (χ2v) is 6.79. The lowest BCUT2D eigenvalue weighted by atomic mass is 10.1. The summed E-state index contributed by atoms with van der Waals surface area (Å²) in [6.45, 7) is 2.57. The maximum atomic E-state index is 12.9. The van der Waals surface area contributed by atoms with Gasteiger partial charge in [-0.3, -0.25) is 14.6 Å². The maximum Gasteiger partial charge on any atom is 0.275 e. The van der Waals surface area contributed by atoms with E-state index >= 15 is 0 Å². The third-order valence-electron chi connectivity index (χ3n) is 4.97. The van der Waals surface area contributed by atoms with Crippen LogP contribution in [0, 0.1) is 0 Å². The third kappa shape index (κ3) is 3.41. The Morgan fingerprint density at radius 3 is 2.68 bits per heavy atom. The Balaban J connectivity index is 1.48. The van der Waals surface area contributed by atoms with Crippen molar-refractivity contribution in [3.8, 4) is 0 Å². The van der Waals surface area contributed by atoms with Crippen molar-refractivity contribution in [3.63, 3.8) is 0 Å². The van der Waals surface area contributed by atoms with E-state index in [1.54, 1.807) is 23.0 Å². The van der Waals surface area contributed by atoms with Gasteiger partial charge in [0.2, 0.25) is 5.91 Å². The Bertz CT molecular complexity index is 1190. The summed E-state index contributed by atoms with van der Waals surface area (Å²) in [5, 5.41) is 2.92. The molecule has 0 aliphatic rings. The van der Waals surface area contributed by atoms with Crippen LogP contribution in [0.25, 0.3) is 16.6 Å². The van der Waals surface area contributed by atoms with Crippen LogP contribution in [0.5, 0.6) is 0 Å². The Labute approximate surface area is 162 Å². The number of aryl methyl sites for hydroxylation is 2. The molecule has 3 aromatic heterocycles. The SMILES string of the molecule is CCc1ccc(NC(=O)CCCn2c(=O)c3cccn3c3cnccc32)cc1. The molecule has 1 aromatic carbocycles. The van der Waals surface area contributed by atoms with Gasteiger partial charge in [0.15, 0.2) is 0 Å². The molecule has 1 N–H and O–H groups in total. The average Bonchev–Trinajstić information content (AvgIpc) is 3.21. The highest BCUT2D eigenvalue weighted by atomic mass is 16.1. The van der Waals surface area contributed by atoms with Crippen LogP contribution in [0.3, 0.4) is 0 Å². The predicted octanol–water partition coefficient (Wildman–Crippen LogP) is 3.63. The Morgan fingerprint density at radius 2 is 1.89 bits per heavy atom. The molecule has 4 aromatic rings. The van der Waals surface area contributed by atoms with Crippen LogP contribution in [0.4, 0.5) is 5.69 Å². The topological polar surface area (TPSA) is 68.4 Å². The van der Waals surface area contributed by atoms with E-state index in [0.29, 0.717) is 24.9 Å². The minimum Gasteiger partial charge on any atom is -0.326 e. The lowest BCUT2D eigenvalue weighted by molar-refractivity contribution is -0.116. The Morgan fingerprint density at radius 1 is 1.07 bits per heavy atom. The first-order chi connectivity index (χ1) is 13.7. The highest BCUT2D eigenvalue weighted by Crippen LogP contribution is 2.15. The molecular formula is C22H22N4O2. The molecule has 1 amide bonds. The standard InChI is InChI=1S/C22H22N4O2/c1-2-16-7-9-17(10-8-16)24-21(27)6-4-14-26-18-11-12-23-15-20(18)25-13-3-5-19(25)22(26)28/h3,5,7-13,15H,2,4,6,14H2,1H3,(H,24,27). The van der Waals surface area contributed by atoms with Crippen molar-refractivity contribution in [2.45, 2.75) is 32.7 Å². The molecule has 0 bridgehead atoms. The molecule has 6 heteroatoms. The van der Waals surface area contributed by atoms with E-state index in [1.165, 1.54) is 5.56 Å². The number of fused-ring (bicyclic) bond motifs is 3. The summed E-state index contributed by atoms with van der Waals surface area (Å²) in [6, 6.07) is 13.4. The number of nitrogens with one attached hydrogen (secondary N) is 1. The minimum atomic E-state index is -0.0562. The largest absolute Gasteiger partial charge is 0.326 e. The molecule has 142 valence electrons. The minimum absolute atomic E-state index is 0.0490. The molecule has 6 nitrogen and oxygen atoms in total. The number of aromatic nitrogens is 3. The molecule has 0 aliphatic carbocycles. The van der Waals surface area contributed by atoms with Crippen molar-refractivity contribution in [1.29, 1.82) is 0 Å². The Hall–Kier alpha value is -3.41. The van der Waals surface area contributed by atoms with Crippen LogP contribution in [0.2, 0.25) is 0 Å². The van der Waals surface area contributed by atoms with Crippen molar-refractivity contribution in [3.05, 3.63) is 77.0 Å². The molecule has 0 saturated carbocycles. The zero-order valence-corrected chi connectivity index (χ0v) is 15.8. The molecular weight excluding hydrogens is 352 g/mol. The third-order valence-corrected chi connectivity index (χ3v) is 4.97. The van der Waals surface area contributed by atoms with Gasteiger partial charge in [-0.15, -0.1) is 0 Å². The van der Waals surface area contributed by atoms with Gasteiger partial charge in [-0.25, -0.2) is 0 Å². The molecule has 0 atom stereocenters. The number of pyridine rings is 1. The fraction of sp³-hybridized carbons (Fsp3) is 0.227. The summed E-state index contributed by atoms with van der Waals surface area (Å²) in [6.07, 6.45) is 7.19. The maximum absolute atomic E-state index is 12.9. The van der Waals surface area contributed by atoms with Crippen molar-refractivity contribution >= 4 is 28.1 Å². The van der Waals surface area contributed by atoms with Gasteiger partial charge in [-0.1, -0.05) is 19.1 Å². The second-order valence-electron chi connectivity index (χ2n) is 6.79. The normalized spacial score (nSPS) is 11.2. The van der Waals surface area contributed by atoms with Crippen molar-refractivity contribution < 1.29 is 4.79 Å². The summed E-state index contributed by atoms with van der Waals surface area (Å²) in [5.41, 5.74) is 4.28. The monoisotopic (exact) mass is 374 g/mol. The van der Waals surface area contributed by atoms with E-state index in [-0.39, 0.29) is 11.5 Å². The molecule has 0 saturated heterocycles. The molecule has 0 unspecified atom stereocenters. The number of hydrogen-bond donors (Lipinski definition) is 1. The molecule has 0 fully saturated rings. The summed E-state index contributed by atoms with van der Waals surface area (Å²) in [5.74, 6) is -0.0490. The van der Waals surface area contributed by atoms with Crippen LogP contribution in [0.15, 0.2) is 65.8 Å². The van der Waals surface area contributed by atoms with E-state index in [9.17, 15) is 9.59 Å². The number of amides is 1. The molecule has 4 rings (SSSR count). The number of anilines is 1. The quantitative estimate of drug-likeness (QED) is 0.560. The van der Waals surface area contributed by atoms with Gasteiger partial charge in [-0.2, -0.15) is 0 Å². The van der Waals surface area contributed by atoms with Crippen molar-refractivity contribution in [1.82, 2.24) is 14.0 Å². The zero-order chi connectivity index (χ0) is 19.5. The van der Waals surface area contributed by atoms with Gasteiger partial charge in [0.1, 0.15) is 5.52 Å². The average molecular weight is 374 g/mol. The van der Waals surface area contributed by atoms with Crippen molar-refractivity contribution in [2.24, 2.45) is 0 Å². The van der Waals surface area contributed by atoms with Gasteiger partial charge < -0.3 is 14.3 Å². The number of benzene rings is 1. The van der Waals surface area contributed by atoms with E-state index in [2.05, 4.69) is 17.2 Å². The van der Waals surface area contributed by atoms with E-state index < -0.39 is 0 Å². The van der Waals surface area contributed by atoms with E-state index in [1.807, 2.05) is 47.0 Å². The first kappa shape index (κ1) is 18.0. The summed E-state index contributed by atoms with van der Waals surface area (Å²) in [4.78, 5) is 29.3. The van der Waals surface area contributed by atoms with Gasteiger partial charge in [-0.05, 0) is 48.7 Å². The Kier molecular flexibility index (Phi) is 4.93. The van der Waals surface area contributed by atoms with E-state index in [0.717, 1.165) is 23.1 Å². The fourth-order valence-electron chi connectivity index (χ4n) is 3.47. The summed E-state index contributed by atoms with van der Waals surface area (Å²) >= 11 is 0. The molecule has 28 heavy (non-hydrogen) atoms. The summed E-state index contributed by atoms with van der Waals surface area (Å²) in [7, 11) is 0. The molecule has 0 spiro atoms. The second kappa shape index (κ2) is 7.68. The summed E-state index contributed by atoms with van der Waals surface area (Å²) < 4.78 is 3.59. The first-order valence-electron chi connectivity index (χ1n) is 9.50. The highest BCUT2D eigenvalue weighted by molar-refractivity contribution is 5.90. The van der Waals surface area contributed by atoms with Crippen molar-refractivity contribution in [2.75, 3.05) is 5.32 Å². The van der Waals surface area contributed by atoms with Crippen LogP contribution in [-0.2, 0) is 17.8 Å².